The summed E-state index contributed by atoms with van der Waals surface area (Å²) in [6.07, 6.45) is 0. The van der Waals surface area contributed by atoms with Gasteiger partial charge in [0.25, 0.3) is 0 Å². The highest BCUT2D eigenvalue weighted by molar-refractivity contribution is 5.54. The van der Waals surface area contributed by atoms with Crippen molar-refractivity contribution in [2.24, 2.45) is 0 Å². The number of hydrogen-bond acceptors (Lipinski definition) is 2. The molecule has 0 aromatic heterocycles. The molecule has 0 saturated carbocycles. The van der Waals surface area contributed by atoms with Gasteiger partial charge in [-0.3, -0.25) is 0 Å². The van der Waals surface area contributed by atoms with E-state index in [0.29, 0.717) is 0 Å². The van der Waals surface area contributed by atoms with Gasteiger partial charge in [0.2, 0.25) is 0 Å². The Labute approximate surface area is 130 Å². The van der Waals surface area contributed by atoms with Crippen LogP contribution in [0, 0.1) is 6.92 Å². The van der Waals surface area contributed by atoms with E-state index in [9.17, 15) is 10.2 Å². The zero-order valence-electron chi connectivity index (χ0n) is 12.4. The Hall–Kier alpha value is -2.74. The maximum Gasteiger partial charge on any atom is 0.122 e. The second-order valence-corrected chi connectivity index (χ2v) is 5.42. The summed E-state index contributed by atoms with van der Waals surface area (Å²) in [5.74, 6) is 0.305. The molecule has 2 heteroatoms. The van der Waals surface area contributed by atoms with Crippen LogP contribution in [0.2, 0.25) is 0 Å². The van der Waals surface area contributed by atoms with Gasteiger partial charge in [0.1, 0.15) is 11.5 Å². The standard InChI is InChI=1S/C20H18O2/c1-14-8-7-12-17(20(14)22)19(15-9-3-2-4-10-15)16-11-5-6-13-18(16)21/h2-13,19,21-22H,1H3. The lowest BCUT2D eigenvalue weighted by molar-refractivity contribution is 0.456. The summed E-state index contributed by atoms with van der Waals surface area (Å²) >= 11 is 0. The van der Waals surface area contributed by atoms with E-state index >= 15 is 0 Å². The van der Waals surface area contributed by atoms with Crippen molar-refractivity contribution in [2.75, 3.05) is 0 Å². The van der Waals surface area contributed by atoms with Crippen LogP contribution < -0.4 is 0 Å². The first-order valence-electron chi connectivity index (χ1n) is 7.30. The number of aryl methyl sites for hydroxylation is 1. The molecule has 0 saturated heterocycles. The highest BCUT2D eigenvalue weighted by Gasteiger charge is 2.22. The van der Waals surface area contributed by atoms with Gasteiger partial charge in [-0.2, -0.15) is 0 Å². The quantitative estimate of drug-likeness (QED) is 0.693. The molecule has 110 valence electrons. The van der Waals surface area contributed by atoms with Crippen LogP contribution in [0.3, 0.4) is 0 Å². The first-order valence-corrected chi connectivity index (χ1v) is 7.30. The molecule has 0 aliphatic rings. The number of benzene rings is 3. The molecule has 3 rings (SSSR count). The Balaban J connectivity index is 2.25. The van der Waals surface area contributed by atoms with Crippen LogP contribution in [0.5, 0.6) is 11.5 Å². The number of hydrogen-bond donors (Lipinski definition) is 2. The summed E-state index contributed by atoms with van der Waals surface area (Å²) in [5.41, 5.74) is 3.45. The molecule has 0 aliphatic carbocycles. The molecule has 22 heavy (non-hydrogen) atoms. The summed E-state index contributed by atoms with van der Waals surface area (Å²) < 4.78 is 0. The minimum absolute atomic E-state index is 0.206. The Bertz CT molecular complexity index is 779. The first kappa shape index (κ1) is 14.2. The van der Waals surface area contributed by atoms with Crippen LogP contribution in [-0.2, 0) is 0 Å². The molecule has 1 unspecified atom stereocenters. The largest absolute Gasteiger partial charge is 0.508 e. The predicted octanol–water partition coefficient (Wildman–Crippen LogP) is 4.59. The minimum Gasteiger partial charge on any atom is -0.508 e. The Morgan fingerprint density at radius 1 is 0.682 bits per heavy atom. The number of rotatable bonds is 3. The van der Waals surface area contributed by atoms with Crippen LogP contribution in [0.15, 0.2) is 72.8 Å². The van der Waals surface area contributed by atoms with E-state index in [1.165, 1.54) is 0 Å². The summed E-state index contributed by atoms with van der Waals surface area (Å²) in [6, 6.07) is 22.9. The van der Waals surface area contributed by atoms with Crippen molar-refractivity contribution < 1.29 is 10.2 Å². The minimum atomic E-state index is -0.206. The summed E-state index contributed by atoms with van der Waals surface area (Å²) in [4.78, 5) is 0. The van der Waals surface area contributed by atoms with E-state index in [-0.39, 0.29) is 17.4 Å². The second-order valence-electron chi connectivity index (χ2n) is 5.42. The zero-order chi connectivity index (χ0) is 15.5. The van der Waals surface area contributed by atoms with Gasteiger partial charge in [0.05, 0.1) is 0 Å². The molecular formula is C20H18O2. The fourth-order valence-corrected chi connectivity index (χ4v) is 2.82. The molecule has 0 aliphatic heterocycles. The third-order valence-electron chi connectivity index (χ3n) is 3.96. The predicted molar refractivity (Wildman–Crippen MR) is 88.3 cm³/mol. The van der Waals surface area contributed by atoms with Gasteiger partial charge < -0.3 is 10.2 Å². The number of phenols is 2. The zero-order valence-corrected chi connectivity index (χ0v) is 12.4. The third kappa shape index (κ3) is 2.56. The lowest BCUT2D eigenvalue weighted by atomic mass is 9.83. The molecule has 0 heterocycles. The van der Waals surface area contributed by atoms with Crippen molar-refractivity contribution in [1.29, 1.82) is 0 Å². The molecule has 1 atom stereocenters. The smallest absolute Gasteiger partial charge is 0.122 e. The molecule has 2 nitrogen and oxygen atoms in total. The molecule has 0 amide bonds. The molecule has 3 aromatic rings. The lowest BCUT2D eigenvalue weighted by Crippen LogP contribution is -2.04. The van der Waals surface area contributed by atoms with Crippen molar-refractivity contribution in [3.05, 3.63) is 95.1 Å². The van der Waals surface area contributed by atoms with Crippen molar-refractivity contribution in [3.63, 3.8) is 0 Å². The fraction of sp³-hybridized carbons (Fsp3) is 0.100. The molecule has 2 N–H and O–H groups in total. The third-order valence-corrected chi connectivity index (χ3v) is 3.96. The normalized spacial score (nSPS) is 12.0. The number of para-hydroxylation sites is 2. The van der Waals surface area contributed by atoms with E-state index in [1.807, 2.05) is 67.6 Å². The van der Waals surface area contributed by atoms with E-state index in [0.717, 1.165) is 22.3 Å². The average molecular weight is 290 g/mol. The SMILES string of the molecule is Cc1cccc(C(c2ccccc2)c2ccccc2O)c1O. The van der Waals surface area contributed by atoms with Gasteiger partial charge in [-0.05, 0) is 24.1 Å². The van der Waals surface area contributed by atoms with Gasteiger partial charge in [-0.15, -0.1) is 0 Å². The topological polar surface area (TPSA) is 40.5 Å². The highest BCUT2D eigenvalue weighted by Crippen LogP contribution is 2.40. The summed E-state index contributed by atoms with van der Waals surface area (Å²) in [6.45, 7) is 1.88. The van der Waals surface area contributed by atoms with Gasteiger partial charge in [0, 0.05) is 17.0 Å². The van der Waals surface area contributed by atoms with Crippen molar-refractivity contribution >= 4 is 0 Å². The van der Waals surface area contributed by atoms with Gasteiger partial charge in [-0.1, -0.05) is 66.7 Å². The molecule has 3 aromatic carbocycles. The monoisotopic (exact) mass is 290 g/mol. The molecule has 0 spiro atoms. The van der Waals surface area contributed by atoms with E-state index < -0.39 is 0 Å². The highest BCUT2D eigenvalue weighted by atomic mass is 16.3. The lowest BCUT2D eigenvalue weighted by Gasteiger charge is -2.21. The van der Waals surface area contributed by atoms with Crippen molar-refractivity contribution in [1.82, 2.24) is 0 Å². The molecule has 0 fully saturated rings. The molecule has 0 bridgehead atoms. The first-order chi connectivity index (χ1) is 10.7. The van der Waals surface area contributed by atoms with E-state index in [4.69, 9.17) is 0 Å². The van der Waals surface area contributed by atoms with Crippen molar-refractivity contribution in [2.45, 2.75) is 12.8 Å². The maximum absolute atomic E-state index is 10.5. The van der Waals surface area contributed by atoms with E-state index in [1.54, 1.807) is 12.1 Å². The van der Waals surface area contributed by atoms with Crippen LogP contribution >= 0.6 is 0 Å². The fourth-order valence-electron chi connectivity index (χ4n) is 2.82. The average Bonchev–Trinajstić information content (AvgIpc) is 2.54. The number of aromatic hydroxyl groups is 2. The molecular weight excluding hydrogens is 272 g/mol. The van der Waals surface area contributed by atoms with Crippen LogP contribution in [0.1, 0.15) is 28.2 Å². The Morgan fingerprint density at radius 3 is 2.05 bits per heavy atom. The Kier molecular flexibility index (Phi) is 3.84. The van der Waals surface area contributed by atoms with Crippen LogP contribution in [-0.4, -0.2) is 10.2 Å². The summed E-state index contributed by atoms with van der Waals surface area (Å²) in [7, 11) is 0. The Morgan fingerprint density at radius 2 is 1.32 bits per heavy atom. The van der Waals surface area contributed by atoms with Gasteiger partial charge in [0.15, 0.2) is 0 Å². The second kappa shape index (κ2) is 5.94. The van der Waals surface area contributed by atoms with Gasteiger partial charge in [-0.25, -0.2) is 0 Å². The van der Waals surface area contributed by atoms with Crippen LogP contribution in [0.25, 0.3) is 0 Å². The van der Waals surface area contributed by atoms with Gasteiger partial charge >= 0.3 is 0 Å². The molecule has 0 radical (unpaired) electrons. The van der Waals surface area contributed by atoms with Crippen molar-refractivity contribution in [3.8, 4) is 11.5 Å². The summed E-state index contributed by atoms with van der Waals surface area (Å²) in [5, 5.41) is 20.8. The number of phenolic OH excluding ortho intramolecular Hbond substituents is 2. The van der Waals surface area contributed by atoms with Crippen LogP contribution in [0.4, 0.5) is 0 Å². The maximum atomic E-state index is 10.5. The van der Waals surface area contributed by atoms with E-state index in [2.05, 4.69) is 0 Å².